The average Bonchev–Trinajstić information content (AvgIpc) is 3.38. The van der Waals surface area contributed by atoms with Crippen molar-refractivity contribution in [1.82, 2.24) is 10.2 Å². The monoisotopic (exact) mass is 585 g/mol. The molecule has 2 aromatic carbocycles. The highest BCUT2D eigenvalue weighted by Gasteiger charge is 2.32. The van der Waals surface area contributed by atoms with Crippen molar-refractivity contribution in [1.29, 1.82) is 0 Å². The Kier molecular flexibility index (Phi) is 10.1. The molecule has 208 valence electrons. The van der Waals surface area contributed by atoms with Crippen molar-refractivity contribution in [3.63, 3.8) is 0 Å². The largest absolute Gasteiger partial charge is 0.497 e. The number of sulfonamides is 1. The second kappa shape index (κ2) is 12.9. The molecule has 2 aromatic rings. The van der Waals surface area contributed by atoms with Crippen LogP contribution in [-0.4, -0.2) is 64.2 Å². The summed E-state index contributed by atoms with van der Waals surface area (Å²) in [5.41, 5.74) is 0.731. The number of hydrogen-bond donors (Lipinski definition) is 1. The van der Waals surface area contributed by atoms with Crippen molar-refractivity contribution < 1.29 is 27.5 Å². The van der Waals surface area contributed by atoms with E-state index in [0.717, 1.165) is 36.2 Å². The van der Waals surface area contributed by atoms with E-state index in [-0.39, 0.29) is 29.9 Å². The number of halogens is 2. The number of carbonyl (C=O) groups is 2. The van der Waals surface area contributed by atoms with Gasteiger partial charge >= 0.3 is 0 Å². The van der Waals surface area contributed by atoms with Crippen LogP contribution in [0.15, 0.2) is 36.4 Å². The summed E-state index contributed by atoms with van der Waals surface area (Å²) in [6, 6.07) is 8.63. The molecule has 1 aliphatic carbocycles. The lowest BCUT2D eigenvalue weighted by Gasteiger charge is -2.32. The van der Waals surface area contributed by atoms with Crippen LogP contribution in [-0.2, 0) is 26.2 Å². The van der Waals surface area contributed by atoms with E-state index in [1.807, 2.05) is 0 Å². The first-order chi connectivity index (χ1) is 17.9. The fourth-order valence-corrected chi connectivity index (χ4v) is 5.72. The molecule has 2 amide bonds. The summed E-state index contributed by atoms with van der Waals surface area (Å²) < 4.78 is 37.2. The van der Waals surface area contributed by atoms with Crippen LogP contribution in [0.3, 0.4) is 0 Å². The molecular formula is C26H33Cl2N3O6S. The van der Waals surface area contributed by atoms with Crippen molar-refractivity contribution in [3.05, 3.63) is 52.0 Å². The number of carbonyl (C=O) groups excluding carboxylic acids is 2. The Morgan fingerprint density at radius 1 is 1.08 bits per heavy atom. The standard InChI is InChI=1S/C26H33Cl2N3O6S/c1-17(26(33)29-20-7-5-6-8-20)30(15-18-9-10-19(27)13-22(18)28)25(32)16-31(38(4,34)35)23-12-11-21(36-2)14-24(23)37-3/h9-14,17,20H,5-8,15-16H2,1-4H3,(H,29,33). The van der Waals surface area contributed by atoms with Crippen LogP contribution in [0.25, 0.3) is 0 Å². The SMILES string of the molecule is COc1ccc(N(CC(=O)N(Cc2ccc(Cl)cc2Cl)C(C)C(=O)NC2CCCC2)S(C)(=O)=O)c(OC)c1. The predicted molar refractivity (Wildman–Crippen MR) is 149 cm³/mol. The number of hydrogen-bond acceptors (Lipinski definition) is 6. The van der Waals surface area contributed by atoms with Gasteiger partial charge in [-0.05, 0) is 49.6 Å². The summed E-state index contributed by atoms with van der Waals surface area (Å²) >= 11 is 12.4. The van der Waals surface area contributed by atoms with Gasteiger partial charge in [0.05, 0.1) is 26.2 Å². The first-order valence-corrected chi connectivity index (χ1v) is 14.8. The maximum atomic E-state index is 13.8. The van der Waals surface area contributed by atoms with E-state index >= 15 is 0 Å². The smallest absolute Gasteiger partial charge is 0.244 e. The minimum Gasteiger partial charge on any atom is -0.497 e. The Labute approximate surface area is 234 Å². The average molecular weight is 587 g/mol. The molecule has 38 heavy (non-hydrogen) atoms. The number of methoxy groups -OCH3 is 2. The van der Waals surface area contributed by atoms with Gasteiger partial charge in [-0.2, -0.15) is 0 Å². The van der Waals surface area contributed by atoms with Crippen LogP contribution in [0, 0.1) is 0 Å². The van der Waals surface area contributed by atoms with Crippen LogP contribution >= 0.6 is 23.2 Å². The highest BCUT2D eigenvalue weighted by atomic mass is 35.5. The van der Waals surface area contributed by atoms with Gasteiger partial charge in [-0.3, -0.25) is 13.9 Å². The van der Waals surface area contributed by atoms with Crippen LogP contribution in [0.4, 0.5) is 5.69 Å². The van der Waals surface area contributed by atoms with Crippen LogP contribution in [0.2, 0.25) is 10.0 Å². The van der Waals surface area contributed by atoms with Crippen LogP contribution in [0.1, 0.15) is 38.2 Å². The van der Waals surface area contributed by atoms with E-state index in [0.29, 0.717) is 21.4 Å². The van der Waals surface area contributed by atoms with Gasteiger partial charge in [-0.15, -0.1) is 0 Å². The van der Waals surface area contributed by atoms with Gasteiger partial charge in [0.1, 0.15) is 24.1 Å². The molecule has 12 heteroatoms. The lowest BCUT2D eigenvalue weighted by molar-refractivity contribution is -0.139. The fraction of sp³-hybridized carbons (Fsp3) is 0.462. The zero-order valence-electron chi connectivity index (χ0n) is 21.9. The van der Waals surface area contributed by atoms with Gasteiger partial charge in [-0.25, -0.2) is 8.42 Å². The molecule has 0 aliphatic heterocycles. The second-order valence-electron chi connectivity index (χ2n) is 9.23. The third kappa shape index (κ3) is 7.45. The predicted octanol–water partition coefficient (Wildman–Crippen LogP) is 4.25. The van der Waals surface area contributed by atoms with Crippen molar-refractivity contribution >= 4 is 50.7 Å². The molecule has 9 nitrogen and oxygen atoms in total. The first-order valence-electron chi connectivity index (χ1n) is 12.2. The number of nitrogens with one attached hydrogen (secondary N) is 1. The number of nitrogens with zero attached hydrogens (tertiary/aromatic N) is 2. The normalized spacial score (nSPS) is 14.6. The molecule has 0 heterocycles. The summed E-state index contributed by atoms with van der Waals surface area (Å²) in [6.07, 6.45) is 4.84. The van der Waals surface area contributed by atoms with Crippen molar-refractivity contribution in [2.24, 2.45) is 0 Å². The molecule has 1 unspecified atom stereocenters. The maximum Gasteiger partial charge on any atom is 0.244 e. The zero-order valence-corrected chi connectivity index (χ0v) is 24.2. The number of anilines is 1. The molecule has 1 atom stereocenters. The van der Waals surface area contributed by atoms with Gasteiger partial charge < -0.3 is 19.7 Å². The summed E-state index contributed by atoms with van der Waals surface area (Å²) in [5.74, 6) is -0.236. The minimum absolute atomic E-state index is 0.0224. The number of rotatable bonds is 11. The van der Waals surface area contributed by atoms with E-state index < -0.39 is 28.5 Å². The summed E-state index contributed by atoms with van der Waals surface area (Å²) in [5, 5.41) is 3.78. The molecule has 3 rings (SSSR count). The topological polar surface area (TPSA) is 105 Å². The van der Waals surface area contributed by atoms with Crippen molar-refractivity contribution in [2.75, 3.05) is 31.3 Å². The first kappa shape index (κ1) is 29.9. The minimum atomic E-state index is -3.93. The Morgan fingerprint density at radius 2 is 1.76 bits per heavy atom. The Balaban J connectivity index is 1.95. The van der Waals surface area contributed by atoms with Gasteiger partial charge in [0.15, 0.2) is 0 Å². The summed E-state index contributed by atoms with van der Waals surface area (Å²) in [4.78, 5) is 28.3. The summed E-state index contributed by atoms with van der Waals surface area (Å²) in [6.45, 7) is 1.03. The molecule has 1 saturated carbocycles. The van der Waals surface area contributed by atoms with Gasteiger partial charge in [0, 0.05) is 28.7 Å². The molecule has 0 radical (unpaired) electrons. The van der Waals surface area contributed by atoms with Crippen molar-refractivity contribution in [3.8, 4) is 11.5 Å². The number of ether oxygens (including phenoxy) is 2. The fourth-order valence-electron chi connectivity index (χ4n) is 4.39. The molecular weight excluding hydrogens is 553 g/mol. The van der Waals surface area contributed by atoms with Gasteiger partial charge in [-0.1, -0.05) is 42.1 Å². The quantitative estimate of drug-likeness (QED) is 0.422. The van der Waals surface area contributed by atoms with Gasteiger partial charge in [0.2, 0.25) is 21.8 Å². The van der Waals surface area contributed by atoms with E-state index in [4.69, 9.17) is 32.7 Å². The lowest BCUT2D eigenvalue weighted by Crippen LogP contribution is -2.52. The summed E-state index contributed by atoms with van der Waals surface area (Å²) in [7, 11) is -1.06. The third-order valence-electron chi connectivity index (χ3n) is 6.56. The van der Waals surface area contributed by atoms with E-state index in [1.54, 1.807) is 31.2 Å². The molecule has 1 aliphatic rings. The maximum absolute atomic E-state index is 13.8. The molecule has 0 aromatic heterocycles. The zero-order chi connectivity index (χ0) is 28.0. The Bertz CT molecular complexity index is 1270. The second-order valence-corrected chi connectivity index (χ2v) is 12.0. The van der Waals surface area contributed by atoms with Gasteiger partial charge in [0.25, 0.3) is 0 Å². The Morgan fingerprint density at radius 3 is 2.34 bits per heavy atom. The van der Waals surface area contributed by atoms with E-state index in [2.05, 4.69) is 5.32 Å². The van der Waals surface area contributed by atoms with Crippen LogP contribution < -0.4 is 19.1 Å². The van der Waals surface area contributed by atoms with E-state index in [9.17, 15) is 18.0 Å². The Hall–Kier alpha value is -2.69. The van der Waals surface area contributed by atoms with E-state index in [1.165, 1.54) is 31.3 Å². The van der Waals surface area contributed by atoms with Crippen molar-refractivity contribution in [2.45, 2.75) is 51.2 Å². The molecule has 1 fully saturated rings. The number of benzene rings is 2. The lowest BCUT2D eigenvalue weighted by atomic mass is 10.1. The molecule has 0 saturated heterocycles. The van der Waals surface area contributed by atoms with Crippen LogP contribution in [0.5, 0.6) is 11.5 Å². The molecule has 1 N–H and O–H groups in total. The molecule has 0 bridgehead atoms. The highest BCUT2D eigenvalue weighted by molar-refractivity contribution is 7.92. The highest BCUT2D eigenvalue weighted by Crippen LogP contribution is 2.34. The number of amides is 2. The molecule has 0 spiro atoms. The third-order valence-corrected chi connectivity index (χ3v) is 8.27.